The molecule has 0 fully saturated rings. The maximum absolute atomic E-state index is 12.4. The molecule has 0 aliphatic heterocycles. The van der Waals surface area contributed by atoms with Crippen molar-refractivity contribution in [1.29, 1.82) is 0 Å². The zero-order chi connectivity index (χ0) is 16.1. The summed E-state index contributed by atoms with van der Waals surface area (Å²) in [6.07, 6.45) is 8.55. The predicted molar refractivity (Wildman–Crippen MR) is 86.0 cm³/mol. The van der Waals surface area contributed by atoms with Gasteiger partial charge >= 0.3 is 5.97 Å². The first-order valence-electron chi connectivity index (χ1n) is 7.94. The number of carbonyl (C=O) groups excluding carboxylic acids is 1. The summed E-state index contributed by atoms with van der Waals surface area (Å²) in [6, 6.07) is 0. The van der Waals surface area contributed by atoms with Crippen LogP contribution in [0.5, 0.6) is 0 Å². The van der Waals surface area contributed by atoms with Crippen molar-refractivity contribution in [3.8, 4) is 0 Å². The molecule has 0 spiro atoms. The maximum Gasteiger partial charge on any atom is 0.315 e. The van der Waals surface area contributed by atoms with Crippen LogP contribution in [0.4, 0.5) is 0 Å². The van der Waals surface area contributed by atoms with Gasteiger partial charge in [-0.1, -0.05) is 23.3 Å². The highest BCUT2D eigenvalue weighted by Crippen LogP contribution is 2.45. The molecule has 1 aliphatic rings. The van der Waals surface area contributed by atoms with Crippen molar-refractivity contribution in [2.24, 2.45) is 5.41 Å². The fourth-order valence-electron chi connectivity index (χ4n) is 2.93. The first-order chi connectivity index (χ1) is 9.73. The van der Waals surface area contributed by atoms with Gasteiger partial charge in [0.1, 0.15) is 0 Å². The molecule has 1 aliphatic carbocycles. The van der Waals surface area contributed by atoms with Crippen LogP contribution < -0.4 is 0 Å². The number of ether oxygens (including phenoxy) is 1. The van der Waals surface area contributed by atoms with E-state index in [4.69, 9.17) is 4.74 Å². The standard InChI is InChI=1S/C18H30O3/c1-6-21-16(19)18(17(4,5)20)12-10-15(11-13-18)9-7-8-14(2)3/h8,10,20H,6-7,9,11-13H2,1-5H3. The minimum Gasteiger partial charge on any atom is -0.465 e. The Hall–Kier alpha value is -1.09. The molecule has 1 atom stereocenters. The van der Waals surface area contributed by atoms with Crippen molar-refractivity contribution < 1.29 is 14.6 Å². The van der Waals surface area contributed by atoms with Gasteiger partial charge in [0.25, 0.3) is 0 Å². The first kappa shape index (κ1) is 18.0. The highest BCUT2D eigenvalue weighted by Gasteiger charge is 2.51. The van der Waals surface area contributed by atoms with E-state index in [2.05, 4.69) is 26.0 Å². The molecule has 0 heterocycles. The third kappa shape index (κ3) is 4.44. The summed E-state index contributed by atoms with van der Waals surface area (Å²) in [6.45, 7) is 9.80. The average molecular weight is 294 g/mol. The van der Waals surface area contributed by atoms with Crippen LogP contribution in [0.1, 0.15) is 66.7 Å². The lowest BCUT2D eigenvalue weighted by Crippen LogP contribution is -2.51. The Labute approximate surface area is 129 Å². The molecule has 0 radical (unpaired) electrons. The van der Waals surface area contributed by atoms with Crippen LogP contribution in [-0.2, 0) is 9.53 Å². The minimum absolute atomic E-state index is 0.267. The van der Waals surface area contributed by atoms with E-state index in [1.165, 1.54) is 11.1 Å². The number of hydrogen-bond donors (Lipinski definition) is 1. The van der Waals surface area contributed by atoms with Crippen LogP contribution in [-0.4, -0.2) is 23.3 Å². The van der Waals surface area contributed by atoms with E-state index in [0.29, 0.717) is 19.4 Å². The van der Waals surface area contributed by atoms with Crippen LogP contribution in [0.15, 0.2) is 23.3 Å². The molecule has 0 saturated heterocycles. The Balaban J connectivity index is 2.81. The molecule has 1 rings (SSSR count). The summed E-state index contributed by atoms with van der Waals surface area (Å²) in [7, 11) is 0. The third-order valence-corrected chi connectivity index (χ3v) is 4.47. The third-order valence-electron chi connectivity index (χ3n) is 4.47. The predicted octanol–water partition coefficient (Wildman–Crippen LogP) is 4.16. The molecule has 0 amide bonds. The maximum atomic E-state index is 12.4. The Morgan fingerprint density at radius 2 is 2.14 bits per heavy atom. The molecule has 21 heavy (non-hydrogen) atoms. The van der Waals surface area contributed by atoms with E-state index in [9.17, 15) is 9.90 Å². The fourth-order valence-corrected chi connectivity index (χ4v) is 2.93. The number of allylic oxidation sites excluding steroid dienone is 4. The zero-order valence-corrected chi connectivity index (χ0v) is 14.2. The molecule has 3 nitrogen and oxygen atoms in total. The second-order valence-corrected chi connectivity index (χ2v) is 6.75. The number of aliphatic hydroxyl groups is 1. The van der Waals surface area contributed by atoms with Crippen molar-refractivity contribution in [2.75, 3.05) is 6.61 Å². The molecule has 120 valence electrons. The minimum atomic E-state index is -1.07. The van der Waals surface area contributed by atoms with Crippen LogP contribution in [0.2, 0.25) is 0 Å². The summed E-state index contributed by atoms with van der Waals surface area (Å²) < 4.78 is 5.22. The van der Waals surface area contributed by atoms with Gasteiger partial charge in [0, 0.05) is 0 Å². The Morgan fingerprint density at radius 1 is 1.48 bits per heavy atom. The Kier molecular flexibility index (Phi) is 6.21. The topological polar surface area (TPSA) is 46.5 Å². The van der Waals surface area contributed by atoms with Crippen molar-refractivity contribution >= 4 is 5.97 Å². The van der Waals surface area contributed by atoms with E-state index < -0.39 is 11.0 Å². The summed E-state index contributed by atoms with van der Waals surface area (Å²) >= 11 is 0. The summed E-state index contributed by atoms with van der Waals surface area (Å²) in [5, 5.41) is 10.5. The zero-order valence-electron chi connectivity index (χ0n) is 14.2. The largest absolute Gasteiger partial charge is 0.465 e. The molecule has 3 heteroatoms. The van der Waals surface area contributed by atoms with Crippen molar-refractivity contribution in [3.05, 3.63) is 23.3 Å². The van der Waals surface area contributed by atoms with Gasteiger partial charge in [0.05, 0.1) is 17.6 Å². The number of rotatable bonds is 6. The molecule has 1 N–H and O–H groups in total. The molecule has 0 bridgehead atoms. The molecular weight excluding hydrogens is 264 g/mol. The molecule has 0 aromatic heterocycles. The second-order valence-electron chi connectivity index (χ2n) is 6.75. The van der Waals surface area contributed by atoms with E-state index in [0.717, 1.165) is 19.3 Å². The summed E-state index contributed by atoms with van der Waals surface area (Å²) in [5.41, 5.74) is 0.852. The van der Waals surface area contributed by atoms with Crippen LogP contribution >= 0.6 is 0 Å². The first-order valence-corrected chi connectivity index (χ1v) is 7.94. The highest BCUT2D eigenvalue weighted by molar-refractivity contribution is 5.79. The number of esters is 1. The van der Waals surface area contributed by atoms with Crippen LogP contribution in [0.3, 0.4) is 0 Å². The fraction of sp³-hybridized carbons (Fsp3) is 0.722. The molecule has 0 saturated carbocycles. The molecule has 1 unspecified atom stereocenters. The molecule has 0 aromatic carbocycles. The van der Waals surface area contributed by atoms with Gasteiger partial charge in [0.2, 0.25) is 0 Å². The highest BCUT2D eigenvalue weighted by atomic mass is 16.5. The van der Waals surface area contributed by atoms with Gasteiger partial charge in [-0.2, -0.15) is 0 Å². The quantitative estimate of drug-likeness (QED) is 0.591. The van der Waals surface area contributed by atoms with Gasteiger partial charge in [-0.25, -0.2) is 0 Å². The van der Waals surface area contributed by atoms with Gasteiger partial charge < -0.3 is 9.84 Å². The number of hydrogen-bond acceptors (Lipinski definition) is 3. The Bertz CT molecular complexity index is 422. The lowest BCUT2D eigenvalue weighted by molar-refractivity contribution is -0.173. The van der Waals surface area contributed by atoms with E-state index in [1.54, 1.807) is 20.8 Å². The SMILES string of the molecule is CCOC(=O)C1(C(C)(C)O)CC=C(CCC=C(C)C)CC1. The normalized spacial score (nSPS) is 22.5. The van der Waals surface area contributed by atoms with E-state index >= 15 is 0 Å². The van der Waals surface area contributed by atoms with Crippen LogP contribution in [0.25, 0.3) is 0 Å². The summed E-state index contributed by atoms with van der Waals surface area (Å²) in [4.78, 5) is 12.4. The van der Waals surface area contributed by atoms with Gasteiger partial charge in [-0.15, -0.1) is 0 Å². The summed E-state index contributed by atoms with van der Waals surface area (Å²) in [5.74, 6) is -0.267. The van der Waals surface area contributed by atoms with Crippen molar-refractivity contribution in [1.82, 2.24) is 0 Å². The second kappa shape index (κ2) is 7.26. The van der Waals surface area contributed by atoms with Gasteiger partial charge in [0.15, 0.2) is 0 Å². The van der Waals surface area contributed by atoms with Crippen LogP contribution in [0, 0.1) is 5.41 Å². The van der Waals surface area contributed by atoms with E-state index in [1.807, 2.05) is 0 Å². The lowest BCUT2D eigenvalue weighted by atomic mass is 9.65. The van der Waals surface area contributed by atoms with Gasteiger partial charge in [-0.3, -0.25) is 4.79 Å². The smallest absolute Gasteiger partial charge is 0.315 e. The lowest BCUT2D eigenvalue weighted by Gasteiger charge is -2.43. The molecular formula is C18H30O3. The van der Waals surface area contributed by atoms with Crippen molar-refractivity contribution in [2.45, 2.75) is 72.3 Å². The number of carbonyl (C=O) groups is 1. The monoisotopic (exact) mass is 294 g/mol. The molecule has 0 aromatic rings. The van der Waals surface area contributed by atoms with E-state index in [-0.39, 0.29) is 5.97 Å². The average Bonchev–Trinajstić information content (AvgIpc) is 2.38. The van der Waals surface area contributed by atoms with Gasteiger partial charge in [-0.05, 0) is 66.7 Å². The van der Waals surface area contributed by atoms with Crippen molar-refractivity contribution in [3.63, 3.8) is 0 Å². The Morgan fingerprint density at radius 3 is 2.57 bits per heavy atom.